The van der Waals surface area contributed by atoms with Crippen molar-refractivity contribution in [1.29, 1.82) is 0 Å². The van der Waals surface area contributed by atoms with Crippen LogP contribution in [0.1, 0.15) is 20.3 Å². The number of amides is 2. The molecule has 26 nitrogen and oxygen atoms in total. The molecular weight excluding hydrogens is 792 g/mol. The number of aliphatic hydroxyl groups excluding tert-OH is 11. The van der Waals surface area contributed by atoms with Crippen LogP contribution in [0.3, 0.4) is 0 Å². The van der Waals surface area contributed by atoms with Crippen molar-refractivity contribution in [2.24, 2.45) is 0 Å². The normalized spacial score (nSPS) is 46.9. The SMILES string of the molecule is CC(=O)N[C@H]1C(O)O[C@H](COS(=O)(=O)O)[C@@H](O[C@@H]2O[C@H](CO)[C@H](O)[C@H](O[C@@]34C[C@H](O)C(NC3=O)[C@H]([C@H](O)[C@H](O)CO)O4)[C@H]2O)[C@@H]1O[C@@H]1O[C@@H](C)[C@@H](O)[C@@H](O)[C@@H]1O. The second-order valence-corrected chi connectivity index (χ2v) is 15.1. The third-order valence-corrected chi connectivity index (χ3v) is 10.5. The Morgan fingerprint density at radius 2 is 1.55 bits per heavy atom. The number of carbonyl (C=O) groups is 2. The number of piperidine rings is 1. The molecule has 0 radical (unpaired) electrons. The van der Waals surface area contributed by atoms with E-state index in [-0.39, 0.29) is 0 Å². The van der Waals surface area contributed by atoms with E-state index in [1.165, 1.54) is 6.92 Å². The summed E-state index contributed by atoms with van der Waals surface area (Å²) in [5.74, 6) is -4.52. The maximum atomic E-state index is 13.3. The van der Waals surface area contributed by atoms with Gasteiger partial charge in [0.2, 0.25) is 5.91 Å². The number of fused-ring (bicyclic) bond motifs is 3. The minimum Gasteiger partial charge on any atom is -0.394 e. The zero-order valence-electron chi connectivity index (χ0n) is 29.5. The van der Waals surface area contributed by atoms with Crippen LogP contribution in [0.15, 0.2) is 0 Å². The summed E-state index contributed by atoms with van der Waals surface area (Å²) < 4.78 is 76.9. The summed E-state index contributed by atoms with van der Waals surface area (Å²) in [7, 11) is -5.23. The highest BCUT2D eigenvalue weighted by Crippen LogP contribution is 2.41. The van der Waals surface area contributed by atoms with Crippen molar-refractivity contribution in [3.63, 3.8) is 0 Å². The second-order valence-electron chi connectivity index (χ2n) is 14.0. The number of carbonyl (C=O) groups excluding carboxylic acids is 2. The molecule has 6 heterocycles. The zero-order chi connectivity index (χ0) is 41.6. The van der Waals surface area contributed by atoms with Crippen molar-refractivity contribution in [3.05, 3.63) is 0 Å². The lowest BCUT2D eigenvalue weighted by Crippen LogP contribution is -2.77. The predicted molar refractivity (Wildman–Crippen MR) is 170 cm³/mol. The van der Waals surface area contributed by atoms with E-state index in [4.69, 9.17) is 33.2 Å². The van der Waals surface area contributed by atoms with Crippen molar-refractivity contribution in [3.8, 4) is 0 Å². The topological polar surface area (TPSA) is 409 Å². The Balaban J connectivity index is 1.50. The summed E-state index contributed by atoms with van der Waals surface area (Å²) in [5, 5.41) is 121. The first-order valence-electron chi connectivity index (χ1n) is 17.3. The molecule has 0 aromatic heterocycles. The summed E-state index contributed by atoms with van der Waals surface area (Å²) in [6.07, 6.45) is -34.3. The number of ether oxygens (including phenoxy) is 7. The highest BCUT2D eigenvalue weighted by Gasteiger charge is 2.63. The Labute approximate surface area is 317 Å². The van der Waals surface area contributed by atoms with Crippen LogP contribution >= 0.6 is 0 Å². The summed E-state index contributed by atoms with van der Waals surface area (Å²) >= 11 is 0. The fraction of sp³-hybridized carbons (Fsp3) is 0.931. The van der Waals surface area contributed by atoms with E-state index < -0.39 is 177 Å². The Kier molecular flexibility index (Phi) is 14.3. The molecule has 0 aromatic carbocycles. The molecule has 0 aromatic rings. The molecule has 6 aliphatic heterocycles. The van der Waals surface area contributed by atoms with E-state index in [1.807, 2.05) is 0 Å². The molecule has 21 atom stereocenters. The molecule has 0 spiro atoms. The van der Waals surface area contributed by atoms with Gasteiger partial charge in [0.25, 0.3) is 11.7 Å². The minimum absolute atomic E-state index is 0.672. The second kappa shape index (κ2) is 17.7. The first-order valence-corrected chi connectivity index (χ1v) is 18.7. The quantitative estimate of drug-likeness (QED) is 0.0722. The maximum Gasteiger partial charge on any atom is 0.397 e. The third-order valence-electron chi connectivity index (χ3n) is 10.1. The smallest absolute Gasteiger partial charge is 0.394 e. The molecule has 27 heteroatoms. The van der Waals surface area contributed by atoms with Gasteiger partial charge in [-0.2, -0.15) is 8.42 Å². The van der Waals surface area contributed by atoms with E-state index in [9.17, 15) is 78.7 Å². The van der Waals surface area contributed by atoms with E-state index in [0.29, 0.717) is 0 Å². The molecule has 0 aliphatic carbocycles. The molecule has 2 bridgehead atoms. The molecule has 2 unspecified atom stereocenters. The number of nitrogens with one attached hydrogen (secondary N) is 2. The zero-order valence-corrected chi connectivity index (χ0v) is 30.4. The van der Waals surface area contributed by atoms with Crippen LogP contribution in [0, 0.1) is 0 Å². The molecule has 6 saturated heterocycles. The average Bonchev–Trinajstić information content (AvgIpc) is 3.13. The van der Waals surface area contributed by atoms with Crippen LogP contribution in [-0.4, -0.2) is 229 Å². The van der Waals surface area contributed by atoms with Crippen molar-refractivity contribution in [1.82, 2.24) is 10.6 Å². The van der Waals surface area contributed by atoms with E-state index in [1.54, 1.807) is 0 Å². The van der Waals surface area contributed by atoms with E-state index >= 15 is 0 Å². The lowest BCUT2D eigenvalue weighted by Gasteiger charge is -2.55. The van der Waals surface area contributed by atoms with Gasteiger partial charge in [-0.05, 0) is 6.92 Å². The third kappa shape index (κ3) is 9.27. The maximum absolute atomic E-state index is 13.3. The van der Waals surface area contributed by atoms with Crippen LogP contribution in [0.5, 0.6) is 0 Å². The molecule has 2 amide bonds. The van der Waals surface area contributed by atoms with E-state index in [0.717, 1.165) is 6.92 Å². The van der Waals surface area contributed by atoms with Crippen LogP contribution < -0.4 is 10.6 Å². The number of hydrogen-bond acceptors (Lipinski definition) is 23. The fourth-order valence-electron chi connectivity index (χ4n) is 7.17. The van der Waals surface area contributed by atoms with Gasteiger partial charge in [-0.15, -0.1) is 0 Å². The standard InChI is InChI=1S/C29H48N2O24S/c1-7-15(37)18(40)19(41)26(49-7)53-23-14(30-8(2)34)25(43)50-12(6-48-56(45,46)47)21(23)52-27-20(42)24(17(39)11(5-33)51-27)55-29-3-9(35)13(31-28(29)44)22(54-29)16(38)10(36)4-32/h7,9-27,32-33,35-43H,3-6H2,1-2H3,(H,30,34)(H,31,44)(H,45,46,47)/t7-,9-,10+,11+,12+,13?,14+,15+,16+,17-,18+,19-,20+,21+,22+,23+,24-,25?,26-,27-,29-/m0/s1. The highest BCUT2D eigenvalue weighted by atomic mass is 32.3. The van der Waals surface area contributed by atoms with Crippen LogP contribution in [-0.2, 0) is 57.3 Å². The van der Waals surface area contributed by atoms with Crippen LogP contribution in [0.2, 0.25) is 0 Å². The fourth-order valence-corrected chi connectivity index (χ4v) is 7.47. The Bertz CT molecular complexity index is 1480. The molecule has 0 saturated carbocycles. The van der Waals surface area contributed by atoms with E-state index in [2.05, 4.69) is 14.8 Å². The largest absolute Gasteiger partial charge is 0.397 e. The monoisotopic (exact) mass is 840 g/mol. The molecule has 6 fully saturated rings. The lowest BCUT2D eigenvalue weighted by atomic mass is 9.84. The molecule has 14 N–H and O–H groups in total. The summed E-state index contributed by atoms with van der Waals surface area (Å²) in [6, 6.07) is -3.04. The predicted octanol–water partition coefficient (Wildman–Crippen LogP) is -9.49. The number of rotatable bonds is 14. The molecule has 6 rings (SSSR count). The van der Waals surface area contributed by atoms with Crippen molar-refractivity contribution in [2.45, 2.75) is 149 Å². The highest BCUT2D eigenvalue weighted by molar-refractivity contribution is 7.80. The first kappa shape index (κ1) is 45.2. The van der Waals surface area contributed by atoms with Crippen LogP contribution in [0.25, 0.3) is 0 Å². The van der Waals surface area contributed by atoms with Gasteiger partial charge in [-0.3, -0.25) is 14.1 Å². The van der Waals surface area contributed by atoms with Crippen molar-refractivity contribution < 1.29 is 116 Å². The van der Waals surface area contributed by atoms with Gasteiger partial charge >= 0.3 is 10.4 Å². The van der Waals surface area contributed by atoms with Gasteiger partial charge in [0.15, 0.2) is 18.9 Å². The summed E-state index contributed by atoms with van der Waals surface area (Å²) in [5.41, 5.74) is 0. The number of morpholine rings is 1. The average molecular weight is 841 g/mol. The van der Waals surface area contributed by atoms with Gasteiger partial charge in [0, 0.05) is 13.3 Å². The van der Waals surface area contributed by atoms with Crippen LogP contribution in [0.4, 0.5) is 0 Å². The Morgan fingerprint density at radius 1 is 0.911 bits per heavy atom. The lowest BCUT2D eigenvalue weighted by molar-refractivity contribution is -0.392. The minimum atomic E-state index is -5.23. The molecular formula is C29H48N2O24S. The van der Waals surface area contributed by atoms with Gasteiger partial charge in [0.1, 0.15) is 85.4 Å². The Morgan fingerprint density at radius 3 is 2.16 bits per heavy atom. The summed E-state index contributed by atoms with van der Waals surface area (Å²) in [4.78, 5) is 25.5. The Hall–Kier alpha value is -1.91. The number of aliphatic hydroxyl groups is 11. The van der Waals surface area contributed by atoms with Gasteiger partial charge in [0.05, 0.1) is 38.1 Å². The van der Waals surface area contributed by atoms with Gasteiger partial charge in [-0.25, -0.2) is 4.18 Å². The molecule has 6 aliphatic rings. The summed E-state index contributed by atoms with van der Waals surface area (Å²) in [6.45, 7) is -0.882. The van der Waals surface area contributed by atoms with Gasteiger partial charge in [-0.1, -0.05) is 0 Å². The molecule has 56 heavy (non-hydrogen) atoms. The van der Waals surface area contributed by atoms with Crippen molar-refractivity contribution >= 4 is 22.2 Å². The first-order chi connectivity index (χ1) is 26.1. The van der Waals surface area contributed by atoms with Crippen molar-refractivity contribution in [2.75, 3.05) is 19.8 Å². The van der Waals surface area contributed by atoms with Gasteiger partial charge < -0.3 is 100.0 Å². The number of hydrogen-bond donors (Lipinski definition) is 14. The molecule has 324 valence electrons.